The Balaban J connectivity index is 2.79. The molecule has 72 valence electrons. The summed E-state index contributed by atoms with van der Waals surface area (Å²) in [6.07, 6.45) is 2.08. The van der Waals surface area contributed by atoms with Gasteiger partial charge in [-0.3, -0.25) is 0 Å². The highest BCUT2D eigenvalue weighted by Gasteiger charge is 2.09. The summed E-state index contributed by atoms with van der Waals surface area (Å²) in [7, 11) is 0. The molecule has 0 heterocycles. The molecule has 0 aliphatic heterocycles. The van der Waals surface area contributed by atoms with Crippen LogP contribution in [-0.2, 0) is 0 Å². The van der Waals surface area contributed by atoms with Crippen LogP contribution in [0.3, 0.4) is 0 Å². The van der Waals surface area contributed by atoms with Gasteiger partial charge in [-0.2, -0.15) is 0 Å². The van der Waals surface area contributed by atoms with E-state index in [4.69, 9.17) is 5.73 Å². The molecule has 0 amide bonds. The molecule has 0 aromatic heterocycles. The van der Waals surface area contributed by atoms with Gasteiger partial charge < -0.3 is 5.73 Å². The van der Waals surface area contributed by atoms with Crippen molar-refractivity contribution in [1.29, 1.82) is 0 Å². The van der Waals surface area contributed by atoms with Crippen molar-refractivity contribution in [2.24, 2.45) is 11.7 Å². The van der Waals surface area contributed by atoms with Gasteiger partial charge in [0.1, 0.15) is 0 Å². The molecule has 0 saturated heterocycles. The quantitative estimate of drug-likeness (QED) is 0.750. The zero-order valence-electron chi connectivity index (χ0n) is 8.45. The van der Waals surface area contributed by atoms with Gasteiger partial charge in [0.2, 0.25) is 0 Å². The smallest absolute Gasteiger partial charge is 0.0318 e. The van der Waals surface area contributed by atoms with Crippen molar-refractivity contribution in [3.63, 3.8) is 0 Å². The van der Waals surface area contributed by atoms with Crippen molar-refractivity contribution in [2.75, 3.05) is 6.26 Å². The highest BCUT2D eigenvalue weighted by Crippen LogP contribution is 2.21. The maximum Gasteiger partial charge on any atom is 0.0318 e. The van der Waals surface area contributed by atoms with Crippen molar-refractivity contribution < 1.29 is 0 Å². The summed E-state index contributed by atoms with van der Waals surface area (Å²) in [5.41, 5.74) is 7.25. The minimum absolute atomic E-state index is 0.163. The Morgan fingerprint density at radius 2 is 1.69 bits per heavy atom. The molecule has 0 saturated carbocycles. The predicted octanol–water partition coefficient (Wildman–Crippen LogP) is 3.06. The van der Waals surface area contributed by atoms with E-state index in [-0.39, 0.29) is 6.04 Å². The maximum absolute atomic E-state index is 6.02. The van der Waals surface area contributed by atoms with Crippen molar-refractivity contribution in [2.45, 2.75) is 24.8 Å². The first-order valence-electron chi connectivity index (χ1n) is 4.54. The summed E-state index contributed by atoms with van der Waals surface area (Å²) in [5.74, 6) is 0.500. The predicted molar refractivity (Wildman–Crippen MR) is 60.0 cm³/mol. The first-order valence-corrected chi connectivity index (χ1v) is 5.77. The average Bonchev–Trinajstić information content (AvgIpc) is 2.17. The van der Waals surface area contributed by atoms with Crippen LogP contribution in [0.25, 0.3) is 0 Å². The van der Waals surface area contributed by atoms with Gasteiger partial charge in [-0.15, -0.1) is 11.8 Å². The van der Waals surface area contributed by atoms with Gasteiger partial charge in [0.25, 0.3) is 0 Å². The van der Waals surface area contributed by atoms with E-state index in [2.05, 4.69) is 44.4 Å². The molecular weight excluding hydrogens is 178 g/mol. The van der Waals surface area contributed by atoms with E-state index in [9.17, 15) is 0 Å². The molecule has 0 bridgehead atoms. The van der Waals surface area contributed by atoms with Crippen LogP contribution in [-0.4, -0.2) is 6.26 Å². The lowest BCUT2D eigenvalue weighted by atomic mass is 9.97. The van der Waals surface area contributed by atoms with Crippen LogP contribution in [0.4, 0.5) is 0 Å². The number of hydrogen-bond donors (Lipinski definition) is 1. The Morgan fingerprint density at radius 3 is 2.08 bits per heavy atom. The van der Waals surface area contributed by atoms with Crippen molar-refractivity contribution in [3.05, 3.63) is 29.8 Å². The zero-order valence-corrected chi connectivity index (χ0v) is 9.27. The van der Waals surface area contributed by atoms with E-state index >= 15 is 0 Å². The number of thioether (sulfide) groups is 1. The lowest BCUT2D eigenvalue weighted by molar-refractivity contribution is 0.514. The molecule has 0 unspecified atom stereocenters. The van der Waals surface area contributed by atoms with Gasteiger partial charge in [-0.1, -0.05) is 26.0 Å². The second-order valence-corrected chi connectivity index (χ2v) is 4.42. The SMILES string of the molecule is CSc1ccc([C@H](N)C(C)C)cc1. The van der Waals surface area contributed by atoms with Gasteiger partial charge in [0, 0.05) is 10.9 Å². The normalized spacial score (nSPS) is 13.3. The van der Waals surface area contributed by atoms with Gasteiger partial charge in [-0.05, 0) is 29.9 Å². The molecule has 13 heavy (non-hydrogen) atoms. The van der Waals surface area contributed by atoms with Crippen LogP contribution in [0.2, 0.25) is 0 Å². The summed E-state index contributed by atoms with van der Waals surface area (Å²) in [6.45, 7) is 4.29. The summed E-state index contributed by atoms with van der Waals surface area (Å²) in [6, 6.07) is 8.66. The topological polar surface area (TPSA) is 26.0 Å². The van der Waals surface area contributed by atoms with Crippen LogP contribution in [0, 0.1) is 5.92 Å². The fourth-order valence-electron chi connectivity index (χ4n) is 1.21. The monoisotopic (exact) mass is 195 g/mol. The second kappa shape index (κ2) is 4.68. The molecule has 1 rings (SSSR count). The van der Waals surface area contributed by atoms with Crippen molar-refractivity contribution in [1.82, 2.24) is 0 Å². The second-order valence-electron chi connectivity index (χ2n) is 3.54. The lowest BCUT2D eigenvalue weighted by Gasteiger charge is -2.15. The first-order chi connectivity index (χ1) is 6.15. The third-order valence-electron chi connectivity index (χ3n) is 2.22. The third kappa shape index (κ3) is 2.75. The van der Waals surface area contributed by atoms with Crippen LogP contribution in [0.15, 0.2) is 29.2 Å². The number of nitrogens with two attached hydrogens (primary N) is 1. The lowest BCUT2D eigenvalue weighted by Crippen LogP contribution is -2.16. The van der Waals surface area contributed by atoms with Gasteiger partial charge in [-0.25, -0.2) is 0 Å². The molecule has 0 radical (unpaired) electrons. The molecule has 0 spiro atoms. The number of rotatable bonds is 3. The standard InChI is InChI=1S/C11H17NS/c1-8(2)11(12)9-4-6-10(13-3)7-5-9/h4-8,11H,12H2,1-3H3/t11-/m1/s1. The van der Waals surface area contributed by atoms with Gasteiger partial charge in [0.05, 0.1) is 0 Å². The van der Waals surface area contributed by atoms with Gasteiger partial charge >= 0.3 is 0 Å². The third-order valence-corrected chi connectivity index (χ3v) is 2.96. The molecular formula is C11H17NS. The molecule has 1 aromatic rings. The number of benzene rings is 1. The van der Waals surface area contributed by atoms with Crippen molar-refractivity contribution >= 4 is 11.8 Å². The van der Waals surface area contributed by atoms with Gasteiger partial charge in [0.15, 0.2) is 0 Å². The Morgan fingerprint density at radius 1 is 1.15 bits per heavy atom. The molecule has 0 aliphatic rings. The van der Waals surface area contributed by atoms with E-state index in [0.29, 0.717) is 5.92 Å². The highest BCUT2D eigenvalue weighted by atomic mass is 32.2. The number of hydrogen-bond acceptors (Lipinski definition) is 2. The van der Waals surface area contributed by atoms with E-state index in [1.165, 1.54) is 10.5 Å². The Bertz CT molecular complexity index is 253. The van der Waals surface area contributed by atoms with E-state index in [0.717, 1.165) is 0 Å². The fourth-order valence-corrected chi connectivity index (χ4v) is 1.62. The summed E-state index contributed by atoms with van der Waals surface area (Å²) < 4.78 is 0. The van der Waals surface area contributed by atoms with E-state index in [1.807, 2.05) is 0 Å². The van der Waals surface area contributed by atoms with Crippen LogP contribution in [0.1, 0.15) is 25.5 Å². The Hall–Kier alpha value is -0.470. The largest absolute Gasteiger partial charge is 0.324 e. The molecule has 2 N–H and O–H groups in total. The minimum Gasteiger partial charge on any atom is -0.324 e. The molecule has 0 aliphatic carbocycles. The van der Waals surface area contributed by atoms with Crippen molar-refractivity contribution in [3.8, 4) is 0 Å². The molecule has 2 heteroatoms. The summed E-state index contributed by atoms with van der Waals surface area (Å²) >= 11 is 1.76. The zero-order chi connectivity index (χ0) is 9.84. The molecule has 1 atom stereocenters. The first kappa shape index (κ1) is 10.6. The fraction of sp³-hybridized carbons (Fsp3) is 0.455. The van der Waals surface area contributed by atoms with E-state index in [1.54, 1.807) is 11.8 Å². The molecule has 0 fully saturated rings. The minimum atomic E-state index is 0.163. The molecule has 1 aromatic carbocycles. The summed E-state index contributed by atoms with van der Waals surface area (Å²) in [4.78, 5) is 1.29. The highest BCUT2D eigenvalue weighted by molar-refractivity contribution is 7.98. The summed E-state index contributed by atoms with van der Waals surface area (Å²) in [5, 5.41) is 0. The van der Waals surface area contributed by atoms with Crippen LogP contribution in [0.5, 0.6) is 0 Å². The van der Waals surface area contributed by atoms with Crippen LogP contribution >= 0.6 is 11.8 Å². The Kier molecular flexibility index (Phi) is 3.82. The maximum atomic E-state index is 6.02. The Labute approximate surface area is 84.7 Å². The van der Waals surface area contributed by atoms with Crippen LogP contribution < -0.4 is 5.73 Å². The van der Waals surface area contributed by atoms with E-state index < -0.39 is 0 Å². The molecule has 1 nitrogen and oxygen atoms in total. The average molecular weight is 195 g/mol.